The molecule has 0 aliphatic heterocycles. The number of nitrogens with one attached hydrogen (secondary N) is 1. The molecule has 0 bridgehead atoms. The number of hydrogen-bond donors (Lipinski definition) is 3. The fourth-order valence-electron chi connectivity index (χ4n) is 1.51. The van der Waals surface area contributed by atoms with Crippen LogP contribution in [0.15, 0.2) is 24.5 Å². The van der Waals surface area contributed by atoms with E-state index < -0.39 is 0 Å². The predicted octanol–water partition coefficient (Wildman–Crippen LogP) is 2.00. The van der Waals surface area contributed by atoms with Crippen LogP contribution in [0.3, 0.4) is 0 Å². The molecule has 88 valence electrons. The van der Waals surface area contributed by atoms with Gasteiger partial charge in [-0.2, -0.15) is 0 Å². The maximum absolute atomic E-state index is 5.81. The molecule has 1 heterocycles. The van der Waals surface area contributed by atoms with Crippen LogP contribution in [0.25, 0.3) is 0 Å². The molecular weight excluding hydrogens is 214 g/mol. The van der Waals surface area contributed by atoms with Crippen LogP contribution in [0.5, 0.6) is 0 Å². The van der Waals surface area contributed by atoms with Gasteiger partial charge in [-0.25, -0.2) is 9.97 Å². The van der Waals surface area contributed by atoms with Crippen LogP contribution in [0.1, 0.15) is 11.1 Å². The number of nitrogen functional groups attached to an aromatic ring is 2. The molecule has 0 spiro atoms. The number of nitrogens with two attached hydrogens (primary N) is 2. The summed E-state index contributed by atoms with van der Waals surface area (Å²) in [7, 11) is 0. The normalized spacial score (nSPS) is 10.2. The average Bonchev–Trinajstić information content (AvgIpc) is 2.30. The summed E-state index contributed by atoms with van der Waals surface area (Å²) in [5.74, 6) is 0.819. The number of benzene rings is 1. The smallest absolute Gasteiger partial charge is 0.159 e. The van der Waals surface area contributed by atoms with E-state index in [2.05, 4.69) is 21.4 Å². The van der Waals surface area contributed by atoms with Crippen molar-refractivity contribution in [3.63, 3.8) is 0 Å². The van der Waals surface area contributed by atoms with E-state index in [-0.39, 0.29) is 5.82 Å². The summed E-state index contributed by atoms with van der Waals surface area (Å²) >= 11 is 0. The maximum Gasteiger partial charge on any atom is 0.159 e. The number of nitrogens with zero attached hydrogens (tertiary/aromatic N) is 2. The van der Waals surface area contributed by atoms with Crippen molar-refractivity contribution in [3.05, 3.63) is 35.7 Å². The molecule has 5 heteroatoms. The molecule has 0 aliphatic rings. The van der Waals surface area contributed by atoms with Crippen molar-refractivity contribution in [1.29, 1.82) is 0 Å². The Morgan fingerprint density at radius 1 is 1.12 bits per heavy atom. The van der Waals surface area contributed by atoms with Crippen molar-refractivity contribution in [2.75, 3.05) is 16.8 Å². The van der Waals surface area contributed by atoms with Gasteiger partial charge < -0.3 is 16.8 Å². The Hall–Kier alpha value is -2.30. The Morgan fingerprint density at radius 3 is 2.65 bits per heavy atom. The Morgan fingerprint density at radius 2 is 1.88 bits per heavy atom. The van der Waals surface area contributed by atoms with E-state index in [0.717, 1.165) is 11.3 Å². The molecule has 5 N–H and O–H groups in total. The van der Waals surface area contributed by atoms with E-state index in [9.17, 15) is 0 Å². The zero-order valence-electron chi connectivity index (χ0n) is 9.86. The van der Waals surface area contributed by atoms with Crippen LogP contribution < -0.4 is 16.8 Å². The number of rotatable bonds is 2. The fraction of sp³-hybridized carbons (Fsp3) is 0.167. The molecule has 1 aromatic carbocycles. The van der Waals surface area contributed by atoms with Crippen molar-refractivity contribution in [2.45, 2.75) is 13.8 Å². The van der Waals surface area contributed by atoms with Crippen molar-refractivity contribution < 1.29 is 0 Å². The molecule has 17 heavy (non-hydrogen) atoms. The monoisotopic (exact) mass is 229 g/mol. The molecule has 0 aliphatic carbocycles. The van der Waals surface area contributed by atoms with E-state index in [1.807, 2.05) is 26.0 Å². The number of hydrogen-bond acceptors (Lipinski definition) is 5. The van der Waals surface area contributed by atoms with Gasteiger partial charge in [-0.15, -0.1) is 0 Å². The Balaban J connectivity index is 2.38. The lowest BCUT2D eigenvalue weighted by molar-refractivity contribution is 1.18. The van der Waals surface area contributed by atoms with Crippen molar-refractivity contribution in [3.8, 4) is 0 Å². The highest BCUT2D eigenvalue weighted by Crippen LogP contribution is 2.26. The summed E-state index contributed by atoms with van der Waals surface area (Å²) in [5, 5.41) is 3.17. The Labute approximate surface area is 99.9 Å². The minimum Gasteiger partial charge on any atom is -0.393 e. The topological polar surface area (TPSA) is 89.8 Å². The minimum absolute atomic E-state index is 0.285. The molecule has 0 saturated heterocycles. The second-order valence-electron chi connectivity index (χ2n) is 3.96. The summed E-state index contributed by atoms with van der Waals surface area (Å²) in [6, 6.07) is 6.13. The van der Waals surface area contributed by atoms with Gasteiger partial charge in [-0.3, -0.25) is 0 Å². The van der Waals surface area contributed by atoms with Crippen LogP contribution in [0.4, 0.5) is 23.0 Å². The van der Waals surface area contributed by atoms with Crippen LogP contribution in [0.2, 0.25) is 0 Å². The lowest BCUT2D eigenvalue weighted by Crippen LogP contribution is -2.05. The van der Waals surface area contributed by atoms with E-state index in [1.165, 1.54) is 11.9 Å². The van der Waals surface area contributed by atoms with Gasteiger partial charge in [0.05, 0.1) is 0 Å². The SMILES string of the molecule is Cc1ccc(C)c(Nc2ncnc(N)c2N)c1. The van der Waals surface area contributed by atoms with Crippen LogP contribution >= 0.6 is 0 Å². The van der Waals surface area contributed by atoms with Crippen molar-refractivity contribution in [1.82, 2.24) is 9.97 Å². The largest absolute Gasteiger partial charge is 0.393 e. The van der Waals surface area contributed by atoms with Gasteiger partial charge in [-0.1, -0.05) is 12.1 Å². The lowest BCUT2D eigenvalue weighted by Gasteiger charge is -2.11. The molecule has 0 radical (unpaired) electrons. The highest BCUT2D eigenvalue weighted by atomic mass is 15.1. The Bertz CT molecular complexity index is 551. The molecule has 2 rings (SSSR count). The lowest BCUT2D eigenvalue weighted by atomic mass is 10.1. The maximum atomic E-state index is 5.81. The molecule has 2 aromatic rings. The number of aromatic nitrogens is 2. The first-order valence-electron chi connectivity index (χ1n) is 5.28. The van der Waals surface area contributed by atoms with E-state index in [4.69, 9.17) is 11.5 Å². The van der Waals surface area contributed by atoms with Crippen LogP contribution in [-0.2, 0) is 0 Å². The van der Waals surface area contributed by atoms with E-state index in [1.54, 1.807) is 0 Å². The molecular formula is C12H15N5. The third kappa shape index (κ3) is 2.28. The van der Waals surface area contributed by atoms with Crippen LogP contribution in [0, 0.1) is 13.8 Å². The van der Waals surface area contributed by atoms with Crippen LogP contribution in [-0.4, -0.2) is 9.97 Å². The van der Waals surface area contributed by atoms with Gasteiger partial charge in [-0.05, 0) is 31.0 Å². The second-order valence-corrected chi connectivity index (χ2v) is 3.96. The molecule has 0 fully saturated rings. The fourth-order valence-corrected chi connectivity index (χ4v) is 1.51. The van der Waals surface area contributed by atoms with Gasteiger partial charge >= 0.3 is 0 Å². The summed E-state index contributed by atoms with van der Waals surface area (Å²) in [6.07, 6.45) is 1.39. The first kappa shape index (κ1) is 11.2. The quantitative estimate of drug-likeness (QED) is 0.732. The number of anilines is 4. The van der Waals surface area contributed by atoms with Crippen molar-refractivity contribution >= 4 is 23.0 Å². The molecule has 5 nitrogen and oxygen atoms in total. The molecule has 0 atom stereocenters. The van der Waals surface area contributed by atoms with E-state index in [0.29, 0.717) is 11.5 Å². The first-order valence-corrected chi connectivity index (χ1v) is 5.28. The summed E-state index contributed by atoms with van der Waals surface area (Å²) < 4.78 is 0. The van der Waals surface area contributed by atoms with Gasteiger partial charge in [0, 0.05) is 5.69 Å². The average molecular weight is 229 g/mol. The van der Waals surface area contributed by atoms with Gasteiger partial charge in [0.25, 0.3) is 0 Å². The molecule has 1 aromatic heterocycles. The molecule has 0 saturated carbocycles. The standard InChI is InChI=1S/C12H15N5/c1-7-3-4-8(2)9(5-7)17-12-10(13)11(14)15-6-16-12/h3-6H,13H2,1-2H3,(H3,14,15,16,17). The highest BCUT2D eigenvalue weighted by molar-refractivity contribution is 5.77. The minimum atomic E-state index is 0.285. The summed E-state index contributed by atoms with van der Waals surface area (Å²) in [6.45, 7) is 4.05. The summed E-state index contributed by atoms with van der Waals surface area (Å²) in [5.41, 5.74) is 15.1. The van der Waals surface area contributed by atoms with Gasteiger partial charge in [0.1, 0.15) is 12.0 Å². The zero-order chi connectivity index (χ0) is 12.4. The highest BCUT2D eigenvalue weighted by Gasteiger charge is 2.06. The zero-order valence-corrected chi connectivity index (χ0v) is 9.86. The first-order chi connectivity index (χ1) is 8.08. The third-order valence-corrected chi connectivity index (χ3v) is 2.56. The Kier molecular flexibility index (Phi) is 2.82. The molecule has 0 amide bonds. The predicted molar refractivity (Wildman–Crippen MR) is 70.1 cm³/mol. The molecule has 0 unspecified atom stereocenters. The second kappa shape index (κ2) is 4.29. The summed E-state index contributed by atoms with van der Waals surface area (Å²) in [4.78, 5) is 7.90. The number of aryl methyl sites for hydroxylation is 2. The van der Waals surface area contributed by atoms with Gasteiger partial charge in [0.2, 0.25) is 0 Å². The van der Waals surface area contributed by atoms with Crippen molar-refractivity contribution in [2.24, 2.45) is 0 Å². The van der Waals surface area contributed by atoms with E-state index >= 15 is 0 Å². The van der Waals surface area contributed by atoms with Gasteiger partial charge in [0.15, 0.2) is 11.6 Å². The third-order valence-electron chi connectivity index (χ3n) is 2.56.